The Hall–Kier alpha value is 0.307. The molecule has 0 saturated heterocycles. The summed E-state index contributed by atoms with van der Waals surface area (Å²) in [7, 11) is 1.19. The first-order valence-corrected chi connectivity index (χ1v) is 5.12. The summed E-state index contributed by atoms with van der Waals surface area (Å²) in [5.41, 5.74) is 0. The molecule has 0 aromatic carbocycles. The zero-order valence-corrected chi connectivity index (χ0v) is 6.09. The quantitative estimate of drug-likeness (QED) is 0.454. The van der Waals surface area contributed by atoms with Crippen molar-refractivity contribution in [1.82, 2.24) is 0 Å². The molecule has 0 fully saturated rings. The molecule has 0 saturated carbocycles. The normalized spacial score (nSPS) is 8.00. The van der Waals surface area contributed by atoms with Crippen LogP contribution in [-0.4, -0.2) is 9.39 Å². The molecule has 0 aromatic heterocycles. The van der Waals surface area contributed by atoms with E-state index in [0.29, 0.717) is 0 Å². The van der Waals surface area contributed by atoms with Crippen LogP contribution in [0.5, 0.6) is 0 Å². The first-order valence-electron chi connectivity index (χ1n) is 1.39. The largest absolute Gasteiger partial charge is 0.189 e. The van der Waals surface area contributed by atoms with Gasteiger partial charge in [-0.05, 0) is 0 Å². The van der Waals surface area contributed by atoms with Crippen molar-refractivity contribution in [2.75, 3.05) is 0 Å². The third-order valence-corrected chi connectivity index (χ3v) is 1.51. The molecule has 0 spiro atoms. The molecule has 0 bridgehead atoms. The van der Waals surface area contributed by atoms with Gasteiger partial charge in [-0.1, -0.05) is 6.08 Å². The van der Waals surface area contributed by atoms with Crippen molar-refractivity contribution < 1.29 is 0 Å². The lowest BCUT2D eigenvalue weighted by atomic mass is 10.8. The van der Waals surface area contributed by atoms with Crippen molar-refractivity contribution in [2.45, 2.75) is 0 Å². The topological polar surface area (TPSA) is 0 Å². The molecule has 0 rings (SSSR count). The van der Waals surface area contributed by atoms with Crippen LogP contribution in [0.3, 0.4) is 0 Å². The van der Waals surface area contributed by atoms with Gasteiger partial charge in [0.15, 0.2) is 0 Å². The van der Waals surface area contributed by atoms with Crippen molar-refractivity contribution >= 4 is 20.6 Å². The first-order chi connectivity index (χ1) is 2.41. The second kappa shape index (κ2) is 4.31. The molecule has 0 aromatic rings. The van der Waals surface area contributed by atoms with Crippen LogP contribution < -0.4 is 0 Å². The van der Waals surface area contributed by atoms with E-state index in [2.05, 4.69) is 6.58 Å². The van der Waals surface area contributed by atoms with Gasteiger partial charge in [0, 0.05) is 5.75 Å². The molecule has 0 amide bonds. The molecule has 29 valence electrons. The zero-order valence-electron chi connectivity index (χ0n) is 3.27. The van der Waals surface area contributed by atoms with Crippen LogP contribution in [-0.2, 0) is 0 Å². The predicted octanol–water partition coefficient (Wildman–Crippen LogP) is 0.348. The third-order valence-electron chi connectivity index (χ3n) is 0.232. The molecule has 0 heterocycles. The summed E-state index contributed by atoms with van der Waals surface area (Å²) >= 11 is 1.80. The van der Waals surface area contributed by atoms with Gasteiger partial charge in [-0.25, -0.2) is 0 Å². The average molecular weight is 103 g/mol. The number of hydrogen-bond acceptors (Lipinski definition) is 1. The molecule has 1 radical (unpaired) electrons. The third kappa shape index (κ3) is 4.31. The van der Waals surface area contributed by atoms with Gasteiger partial charge in [0.25, 0.3) is 0 Å². The highest BCUT2D eigenvalue weighted by Crippen LogP contribution is 1.93. The summed E-state index contributed by atoms with van der Waals surface area (Å²) in [5, 5.41) is 0. The maximum Gasteiger partial charge on any atom is 0.0702 e. The highest BCUT2D eigenvalue weighted by Gasteiger charge is 1.61. The van der Waals surface area contributed by atoms with E-state index in [1.807, 2.05) is 5.75 Å². The summed E-state index contributed by atoms with van der Waals surface area (Å²) < 4.78 is 0. The van der Waals surface area contributed by atoms with Gasteiger partial charge in [-0.2, -0.15) is 11.2 Å². The molecule has 5 heavy (non-hydrogen) atoms. The molecule has 0 atom stereocenters. The Morgan fingerprint density at radius 3 is 2.40 bits per heavy atom. The van der Waals surface area contributed by atoms with Crippen LogP contribution in [0.15, 0.2) is 12.7 Å². The van der Waals surface area contributed by atoms with Gasteiger partial charge >= 0.3 is 0 Å². The lowest BCUT2D eigenvalue weighted by Crippen LogP contribution is -1.48. The van der Waals surface area contributed by atoms with Gasteiger partial charge in [-0.15, -0.1) is 6.58 Å². The second-order valence-electron chi connectivity index (χ2n) is 0.607. The summed E-state index contributed by atoms with van der Waals surface area (Å²) in [6.45, 7) is 3.50. The monoisotopic (exact) mass is 103 g/mol. The van der Waals surface area contributed by atoms with Crippen LogP contribution >= 0.6 is 11.2 Å². The Labute approximate surface area is 39.7 Å². The predicted molar refractivity (Wildman–Crippen MR) is 32.0 cm³/mol. The van der Waals surface area contributed by atoms with Crippen LogP contribution in [0.25, 0.3) is 0 Å². The Morgan fingerprint density at radius 1 is 1.80 bits per heavy atom. The minimum atomic E-state index is 1.19. The van der Waals surface area contributed by atoms with Crippen molar-refractivity contribution in [3.05, 3.63) is 18.4 Å². The van der Waals surface area contributed by atoms with E-state index in [9.17, 15) is 0 Å². The summed E-state index contributed by atoms with van der Waals surface area (Å²) in [6, 6.07) is 0. The molecule has 2 heteroatoms. The molecular weight excluding hydrogens is 96.2 g/mol. The Bertz CT molecular complexity index is 28.1. The van der Waals surface area contributed by atoms with Crippen molar-refractivity contribution in [1.29, 1.82) is 0 Å². The Morgan fingerprint density at radius 2 is 2.40 bits per heavy atom. The van der Waals surface area contributed by atoms with Gasteiger partial charge in [-0.3, -0.25) is 0 Å². The van der Waals surface area contributed by atoms with Crippen LogP contribution in [0.4, 0.5) is 0 Å². The van der Waals surface area contributed by atoms with E-state index < -0.39 is 0 Å². The Kier molecular flexibility index (Phi) is 4.57. The maximum absolute atomic E-state index is 3.50. The van der Waals surface area contributed by atoms with Crippen molar-refractivity contribution in [3.63, 3.8) is 0 Å². The summed E-state index contributed by atoms with van der Waals surface area (Å²) in [6.07, 6.45) is 1.80. The maximum atomic E-state index is 3.50. The van der Waals surface area contributed by atoms with E-state index in [-0.39, 0.29) is 0 Å². The van der Waals surface area contributed by atoms with Gasteiger partial charge in [0.2, 0.25) is 0 Å². The van der Waals surface area contributed by atoms with Crippen LogP contribution in [0.2, 0.25) is 0 Å². The minimum Gasteiger partial charge on any atom is -0.189 e. The molecule has 0 aliphatic carbocycles. The smallest absolute Gasteiger partial charge is 0.0702 e. The molecule has 0 aliphatic heterocycles. The number of hydrogen-bond donors (Lipinski definition) is 0. The molecular formula is C3H7SSi. The van der Waals surface area contributed by atoms with E-state index in [0.717, 1.165) is 0 Å². The Balaban J connectivity index is 2.40. The van der Waals surface area contributed by atoms with Gasteiger partial charge < -0.3 is 0 Å². The first kappa shape index (κ1) is 5.31. The standard InChI is InChI=1S/C3H7SSi/c1-2-3-4-5/h2-3H,1H2,5H3. The van der Waals surface area contributed by atoms with E-state index >= 15 is 0 Å². The lowest BCUT2D eigenvalue weighted by molar-refractivity contribution is 2.10. The van der Waals surface area contributed by atoms with E-state index in [1.165, 1.54) is 9.39 Å². The van der Waals surface area contributed by atoms with E-state index in [4.69, 9.17) is 0 Å². The minimum absolute atomic E-state index is 1.19. The van der Waals surface area contributed by atoms with Gasteiger partial charge in [0.1, 0.15) is 0 Å². The van der Waals surface area contributed by atoms with Crippen LogP contribution in [0.1, 0.15) is 0 Å². The number of rotatable bonds is 2. The van der Waals surface area contributed by atoms with Crippen molar-refractivity contribution in [3.8, 4) is 0 Å². The molecule has 0 aliphatic rings. The fourth-order valence-corrected chi connectivity index (χ4v) is 0.866. The highest BCUT2D eigenvalue weighted by molar-refractivity contribution is 8.21. The van der Waals surface area contributed by atoms with Crippen LogP contribution in [0, 0.1) is 5.75 Å². The SMILES string of the molecule is C=C[CH]S[SiH3]. The molecule has 0 N–H and O–H groups in total. The van der Waals surface area contributed by atoms with Gasteiger partial charge in [0.05, 0.1) is 9.39 Å². The van der Waals surface area contributed by atoms with Crippen molar-refractivity contribution in [2.24, 2.45) is 0 Å². The second-order valence-corrected chi connectivity index (χ2v) is 2.77. The molecule has 0 unspecified atom stereocenters. The molecule has 0 nitrogen and oxygen atoms in total. The fraction of sp³-hybridized carbons (Fsp3) is 0. The summed E-state index contributed by atoms with van der Waals surface area (Å²) in [5.74, 6) is 1.99. The lowest BCUT2D eigenvalue weighted by Gasteiger charge is -1.73. The zero-order chi connectivity index (χ0) is 4.12. The average Bonchev–Trinajstić information content (AvgIpc) is 1.41. The van der Waals surface area contributed by atoms with E-state index in [1.54, 1.807) is 17.3 Å². The summed E-state index contributed by atoms with van der Waals surface area (Å²) in [4.78, 5) is 0. The fourth-order valence-electron chi connectivity index (χ4n) is 0.0962. The highest BCUT2D eigenvalue weighted by atomic mass is 32.4.